The van der Waals surface area contributed by atoms with E-state index in [1.54, 1.807) is 61.6 Å². The van der Waals surface area contributed by atoms with E-state index in [2.05, 4.69) is 0 Å². The highest BCUT2D eigenvalue weighted by Gasteiger charge is 2.20. The molecule has 0 spiro atoms. The van der Waals surface area contributed by atoms with Gasteiger partial charge in [0.15, 0.2) is 0 Å². The fourth-order valence-electron chi connectivity index (χ4n) is 4.55. The minimum Gasteiger partial charge on any atom is -0.496 e. The largest absolute Gasteiger partial charge is 0.496 e. The van der Waals surface area contributed by atoms with Crippen molar-refractivity contribution in [2.45, 2.75) is 26.3 Å². The molecule has 0 atom stereocenters. The number of nitrogens with zero attached hydrogens (tertiary/aromatic N) is 1. The van der Waals surface area contributed by atoms with E-state index in [0.29, 0.717) is 40.9 Å². The highest BCUT2D eigenvalue weighted by molar-refractivity contribution is 6.30. The van der Waals surface area contributed by atoms with Crippen molar-refractivity contribution in [1.82, 2.24) is 4.90 Å². The molecular weight excluding hydrogens is 542 g/mol. The van der Waals surface area contributed by atoms with Crippen LogP contribution < -0.4 is 14.2 Å². The van der Waals surface area contributed by atoms with Crippen LogP contribution in [0.4, 0.5) is 0 Å². The van der Waals surface area contributed by atoms with E-state index >= 15 is 0 Å². The number of benzene rings is 4. The Bertz CT molecular complexity index is 1490. The lowest BCUT2D eigenvalue weighted by molar-refractivity contribution is 0.0692. The second-order valence-electron chi connectivity index (χ2n) is 9.51. The summed E-state index contributed by atoms with van der Waals surface area (Å²) in [5.41, 5.74) is 3.37. The van der Waals surface area contributed by atoms with Gasteiger partial charge in [-0.05, 0) is 79.4 Å². The van der Waals surface area contributed by atoms with Crippen LogP contribution in [-0.4, -0.2) is 42.6 Å². The number of aryl methyl sites for hydroxylation is 1. The number of carbonyl (C=O) groups is 2. The van der Waals surface area contributed by atoms with Crippen LogP contribution in [0.25, 0.3) is 0 Å². The lowest BCUT2D eigenvalue weighted by atomic mass is 10.1. The first-order valence-corrected chi connectivity index (χ1v) is 13.5. The fourth-order valence-corrected chi connectivity index (χ4v) is 4.77. The van der Waals surface area contributed by atoms with E-state index in [1.807, 2.05) is 43.3 Å². The number of hydrogen-bond donors (Lipinski definition) is 1. The third-order valence-electron chi connectivity index (χ3n) is 6.71. The number of carbonyl (C=O) groups excluding carboxylic acids is 1. The van der Waals surface area contributed by atoms with Gasteiger partial charge in [0.05, 0.1) is 14.2 Å². The Morgan fingerprint density at radius 3 is 2.15 bits per heavy atom. The molecule has 0 aliphatic heterocycles. The van der Waals surface area contributed by atoms with Gasteiger partial charge in [-0.1, -0.05) is 48.0 Å². The molecule has 0 aliphatic rings. The van der Waals surface area contributed by atoms with Crippen LogP contribution in [-0.2, 0) is 13.0 Å². The number of rotatable bonds is 12. The zero-order valence-electron chi connectivity index (χ0n) is 23.2. The Hall–Kier alpha value is -4.49. The Kier molecular flexibility index (Phi) is 9.87. The van der Waals surface area contributed by atoms with Crippen molar-refractivity contribution >= 4 is 23.5 Å². The molecular formula is C33H32ClNO6. The Morgan fingerprint density at radius 1 is 0.829 bits per heavy atom. The van der Waals surface area contributed by atoms with Crippen molar-refractivity contribution in [1.29, 1.82) is 0 Å². The van der Waals surface area contributed by atoms with E-state index in [4.69, 9.17) is 25.8 Å². The number of carboxylic acid groups (broad SMARTS) is 1. The number of aromatic carboxylic acids is 1. The monoisotopic (exact) mass is 573 g/mol. The quantitative estimate of drug-likeness (QED) is 0.190. The molecule has 0 aromatic heterocycles. The standard InChI is InChI=1S/C33H32ClNO6/c1-22-30(39-2)19-25(20-31(22)40-3)32(36)35(17-7-9-23-8-6-10-26(34)18-23)21-24-13-15-27(16-14-24)41-29-12-5-4-11-28(29)33(37)38/h4-6,8,10-16,18-20H,7,9,17,21H2,1-3H3,(H,37,38). The SMILES string of the molecule is COc1cc(C(=O)N(CCCc2cccc(Cl)c2)Cc2ccc(Oc3ccccc3C(=O)O)cc2)cc(OC)c1C. The molecule has 0 heterocycles. The molecule has 1 N–H and O–H groups in total. The van der Waals surface area contributed by atoms with E-state index in [1.165, 1.54) is 6.07 Å². The normalized spacial score (nSPS) is 10.6. The molecule has 7 nitrogen and oxygen atoms in total. The summed E-state index contributed by atoms with van der Waals surface area (Å²) in [4.78, 5) is 27.1. The van der Waals surface area contributed by atoms with Crippen molar-refractivity contribution in [3.05, 3.63) is 118 Å². The van der Waals surface area contributed by atoms with Gasteiger partial charge < -0.3 is 24.2 Å². The molecule has 0 aliphatic carbocycles. The van der Waals surface area contributed by atoms with Crippen LogP contribution in [0.5, 0.6) is 23.0 Å². The summed E-state index contributed by atoms with van der Waals surface area (Å²) in [5.74, 6) is 0.698. The molecule has 212 valence electrons. The molecule has 0 fully saturated rings. The molecule has 8 heteroatoms. The molecule has 1 amide bonds. The number of para-hydroxylation sites is 1. The maximum Gasteiger partial charge on any atom is 0.339 e. The molecule has 0 unspecified atom stereocenters. The van der Waals surface area contributed by atoms with Crippen LogP contribution in [0.1, 0.15) is 43.8 Å². The number of methoxy groups -OCH3 is 2. The minimum atomic E-state index is -1.06. The summed E-state index contributed by atoms with van der Waals surface area (Å²) < 4.78 is 16.8. The van der Waals surface area contributed by atoms with Gasteiger partial charge in [0.25, 0.3) is 5.91 Å². The van der Waals surface area contributed by atoms with Crippen LogP contribution in [0.3, 0.4) is 0 Å². The molecule has 0 saturated heterocycles. The molecule has 0 saturated carbocycles. The lowest BCUT2D eigenvalue weighted by Crippen LogP contribution is -2.32. The molecule has 0 radical (unpaired) electrons. The number of carboxylic acids is 1. The van der Waals surface area contributed by atoms with Gasteiger partial charge in [-0.25, -0.2) is 4.79 Å². The predicted molar refractivity (Wildman–Crippen MR) is 159 cm³/mol. The smallest absolute Gasteiger partial charge is 0.339 e. The van der Waals surface area contributed by atoms with Crippen molar-refractivity contribution < 1.29 is 28.9 Å². The van der Waals surface area contributed by atoms with Crippen LogP contribution in [0, 0.1) is 6.92 Å². The van der Waals surface area contributed by atoms with Crippen molar-refractivity contribution in [3.8, 4) is 23.0 Å². The molecule has 41 heavy (non-hydrogen) atoms. The zero-order valence-corrected chi connectivity index (χ0v) is 24.0. The first kappa shape index (κ1) is 29.5. The second kappa shape index (κ2) is 13.7. The summed E-state index contributed by atoms with van der Waals surface area (Å²) in [6.45, 7) is 2.75. The average molecular weight is 574 g/mol. The van der Waals surface area contributed by atoms with Gasteiger partial charge in [0.1, 0.15) is 28.6 Å². The molecule has 4 aromatic rings. The van der Waals surface area contributed by atoms with Crippen LogP contribution >= 0.6 is 11.6 Å². The third kappa shape index (κ3) is 7.58. The van der Waals surface area contributed by atoms with Crippen LogP contribution in [0.15, 0.2) is 84.9 Å². The highest BCUT2D eigenvalue weighted by atomic mass is 35.5. The molecule has 4 rings (SSSR count). The fraction of sp³-hybridized carbons (Fsp3) is 0.212. The number of ether oxygens (including phenoxy) is 3. The summed E-state index contributed by atoms with van der Waals surface area (Å²) in [7, 11) is 3.13. The Balaban J connectivity index is 1.55. The van der Waals surface area contributed by atoms with E-state index in [0.717, 1.165) is 29.5 Å². The highest BCUT2D eigenvalue weighted by Crippen LogP contribution is 2.31. The first-order chi connectivity index (χ1) is 19.8. The van der Waals surface area contributed by atoms with Crippen LogP contribution in [0.2, 0.25) is 5.02 Å². The lowest BCUT2D eigenvalue weighted by Gasteiger charge is -2.24. The summed E-state index contributed by atoms with van der Waals surface area (Å²) in [6, 6.07) is 24.9. The predicted octanol–water partition coefficient (Wildman–Crippen LogP) is 7.43. The minimum absolute atomic E-state index is 0.0806. The Labute approximate surface area is 244 Å². The summed E-state index contributed by atoms with van der Waals surface area (Å²) in [5, 5.41) is 10.1. The number of hydrogen-bond acceptors (Lipinski definition) is 5. The number of halogens is 1. The van der Waals surface area contributed by atoms with Crippen molar-refractivity contribution in [3.63, 3.8) is 0 Å². The second-order valence-corrected chi connectivity index (χ2v) is 9.95. The van der Waals surface area contributed by atoms with Crippen molar-refractivity contribution in [2.75, 3.05) is 20.8 Å². The summed E-state index contributed by atoms with van der Waals surface area (Å²) in [6.07, 6.45) is 1.50. The van der Waals surface area contributed by atoms with Gasteiger partial charge in [0, 0.05) is 29.2 Å². The van der Waals surface area contributed by atoms with Gasteiger partial charge in [-0.2, -0.15) is 0 Å². The maximum absolute atomic E-state index is 13.8. The number of amides is 1. The van der Waals surface area contributed by atoms with Gasteiger partial charge in [-0.3, -0.25) is 4.79 Å². The molecule has 0 bridgehead atoms. The molecule has 4 aromatic carbocycles. The Morgan fingerprint density at radius 2 is 1.51 bits per heavy atom. The third-order valence-corrected chi connectivity index (χ3v) is 6.95. The summed E-state index contributed by atoms with van der Waals surface area (Å²) >= 11 is 6.15. The van der Waals surface area contributed by atoms with Gasteiger partial charge in [-0.15, -0.1) is 0 Å². The van der Waals surface area contributed by atoms with E-state index in [-0.39, 0.29) is 17.2 Å². The van der Waals surface area contributed by atoms with E-state index < -0.39 is 5.97 Å². The van der Waals surface area contributed by atoms with E-state index in [9.17, 15) is 14.7 Å². The zero-order chi connectivity index (χ0) is 29.4. The average Bonchev–Trinajstić information content (AvgIpc) is 2.97. The van der Waals surface area contributed by atoms with Gasteiger partial charge in [0.2, 0.25) is 0 Å². The van der Waals surface area contributed by atoms with Crippen molar-refractivity contribution in [2.24, 2.45) is 0 Å². The maximum atomic E-state index is 13.8. The topological polar surface area (TPSA) is 85.3 Å². The first-order valence-electron chi connectivity index (χ1n) is 13.1. The van der Waals surface area contributed by atoms with Gasteiger partial charge >= 0.3 is 5.97 Å².